The number of hydrogen-bond donors (Lipinski definition) is 1. The second kappa shape index (κ2) is 9.67. The molecule has 1 aromatic heterocycles. The van der Waals surface area contributed by atoms with Gasteiger partial charge in [0.05, 0.1) is 10.1 Å². The lowest BCUT2D eigenvalue weighted by molar-refractivity contribution is -0.110. The van der Waals surface area contributed by atoms with E-state index in [2.05, 4.69) is 24.1 Å². The Balaban J connectivity index is 1.65. The van der Waals surface area contributed by atoms with Crippen LogP contribution in [0.2, 0.25) is 0 Å². The van der Waals surface area contributed by atoms with E-state index in [1.54, 1.807) is 16.7 Å². The maximum absolute atomic E-state index is 14.1. The molecule has 3 aromatic rings. The fourth-order valence-corrected chi connectivity index (χ4v) is 5.60. The van der Waals surface area contributed by atoms with Gasteiger partial charge in [-0.05, 0) is 68.0 Å². The second-order valence-electron chi connectivity index (χ2n) is 8.38. The van der Waals surface area contributed by atoms with Crippen LogP contribution >= 0.6 is 11.3 Å². The number of halogens is 1. The maximum Gasteiger partial charge on any atom is 0.269 e. The van der Waals surface area contributed by atoms with Crippen LogP contribution in [0.15, 0.2) is 41.2 Å². The molecule has 0 saturated carbocycles. The van der Waals surface area contributed by atoms with E-state index in [4.69, 9.17) is 9.47 Å². The average molecular weight is 496 g/mol. The Labute approximate surface area is 205 Å². The van der Waals surface area contributed by atoms with E-state index < -0.39 is 5.82 Å². The van der Waals surface area contributed by atoms with Crippen LogP contribution in [0.3, 0.4) is 0 Å². The van der Waals surface area contributed by atoms with Gasteiger partial charge in [-0.25, -0.2) is 4.39 Å². The highest BCUT2D eigenvalue weighted by molar-refractivity contribution is 7.07. The normalized spacial score (nSPS) is 16.2. The Bertz CT molecular complexity index is 1470. The number of rotatable bonds is 7. The van der Waals surface area contributed by atoms with E-state index >= 15 is 0 Å². The first-order chi connectivity index (χ1) is 17.0. The molecule has 182 valence electrons. The summed E-state index contributed by atoms with van der Waals surface area (Å²) in [4.78, 5) is 28.8. The zero-order valence-corrected chi connectivity index (χ0v) is 20.4. The van der Waals surface area contributed by atoms with E-state index in [-0.39, 0.29) is 18.3 Å². The SMILES string of the molecule is CCN(CC)CCCn1c(=O)/c(=C/c2ccc3c(c2)OCO3)s/c1=C1/C(=O)Nc2ccc(F)cc21. The molecule has 2 aliphatic rings. The number of fused-ring (bicyclic) bond motifs is 2. The van der Waals surface area contributed by atoms with Gasteiger partial charge < -0.3 is 19.7 Å². The monoisotopic (exact) mass is 495 g/mol. The first kappa shape index (κ1) is 23.3. The van der Waals surface area contributed by atoms with Crippen molar-refractivity contribution in [2.24, 2.45) is 0 Å². The Kier molecular flexibility index (Phi) is 6.44. The predicted molar refractivity (Wildman–Crippen MR) is 134 cm³/mol. The van der Waals surface area contributed by atoms with Crippen LogP contribution in [0.1, 0.15) is 31.4 Å². The van der Waals surface area contributed by atoms with Crippen molar-refractivity contribution >= 4 is 34.6 Å². The molecule has 0 atom stereocenters. The molecule has 2 aromatic carbocycles. The number of carbonyl (C=O) groups excluding carboxylic acids is 1. The number of aromatic nitrogens is 1. The summed E-state index contributed by atoms with van der Waals surface area (Å²) in [6, 6.07) is 9.69. The highest BCUT2D eigenvalue weighted by Crippen LogP contribution is 2.33. The van der Waals surface area contributed by atoms with Crippen molar-refractivity contribution < 1.29 is 18.7 Å². The van der Waals surface area contributed by atoms with Crippen LogP contribution in [-0.2, 0) is 11.3 Å². The summed E-state index contributed by atoms with van der Waals surface area (Å²) in [6.07, 6.45) is 2.54. The van der Waals surface area contributed by atoms with Crippen LogP contribution in [0.5, 0.6) is 11.5 Å². The number of thiazole rings is 1. The molecule has 0 spiro atoms. The Morgan fingerprint density at radius 1 is 1.11 bits per heavy atom. The molecular formula is C26H26FN3O4S. The van der Waals surface area contributed by atoms with Gasteiger partial charge in [0.2, 0.25) is 6.79 Å². The van der Waals surface area contributed by atoms with Crippen molar-refractivity contribution in [2.45, 2.75) is 26.8 Å². The van der Waals surface area contributed by atoms with E-state index in [0.29, 0.717) is 44.1 Å². The van der Waals surface area contributed by atoms with Gasteiger partial charge in [-0.2, -0.15) is 0 Å². The summed E-state index contributed by atoms with van der Waals surface area (Å²) < 4.78 is 27.6. The Morgan fingerprint density at radius 2 is 1.91 bits per heavy atom. The number of hydrogen-bond acceptors (Lipinski definition) is 6. The Hall–Kier alpha value is -3.43. The highest BCUT2D eigenvalue weighted by atomic mass is 32.1. The molecule has 2 aliphatic heterocycles. The molecular weight excluding hydrogens is 469 g/mol. The minimum atomic E-state index is -0.433. The molecule has 5 rings (SSSR count). The third kappa shape index (κ3) is 4.49. The van der Waals surface area contributed by atoms with E-state index in [1.165, 1.54) is 23.5 Å². The van der Waals surface area contributed by atoms with Gasteiger partial charge in [-0.3, -0.25) is 14.2 Å². The molecule has 0 saturated heterocycles. The van der Waals surface area contributed by atoms with E-state index in [1.807, 2.05) is 18.2 Å². The minimum absolute atomic E-state index is 0.171. The van der Waals surface area contributed by atoms with Crippen molar-refractivity contribution in [1.29, 1.82) is 0 Å². The first-order valence-electron chi connectivity index (χ1n) is 11.7. The maximum atomic E-state index is 14.1. The molecule has 7 nitrogen and oxygen atoms in total. The van der Waals surface area contributed by atoms with Gasteiger partial charge in [0.1, 0.15) is 10.5 Å². The van der Waals surface area contributed by atoms with Crippen molar-refractivity contribution in [2.75, 3.05) is 31.7 Å². The largest absolute Gasteiger partial charge is 0.454 e. The number of anilines is 1. The average Bonchev–Trinajstić information content (AvgIpc) is 3.52. The van der Waals surface area contributed by atoms with Crippen LogP contribution in [0, 0.1) is 5.82 Å². The zero-order chi connectivity index (χ0) is 24.5. The van der Waals surface area contributed by atoms with Gasteiger partial charge in [0, 0.05) is 17.8 Å². The summed E-state index contributed by atoms with van der Waals surface area (Å²) in [5.41, 5.74) is 1.97. The molecule has 3 heterocycles. The number of carbonyl (C=O) groups is 1. The van der Waals surface area contributed by atoms with Gasteiger partial charge in [0.15, 0.2) is 11.5 Å². The van der Waals surface area contributed by atoms with Gasteiger partial charge >= 0.3 is 0 Å². The minimum Gasteiger partial charge on any atom is -0.454 e. The second-order valence-corrected chi connectivity index (χ2v) is 9.42. The first-order valence-corrected chi connectivity index (χ1v) is 12.5. The van der Waals surface area contributed by atoms with Crippen LogP contribution in [0.25, 0.3) is 11.6 Å². The summed E-state index contributed by atoms with van der Waals surface area (Å²) in [6.45, 7) is 7.53. The summed E-state index contributed by atoms with van der Waals surface area (Å²) in [7, 11) is 0. The lowest BCUT2D eigenvalue weighted by Gasteiger charge is -2.17. The third-order valence-electron chi connectivity index (χ3n) is 6.29. The fraction of sp³-hybridized carbons (Fsp3) is 0.308. The Morgan fingerprint density at radius 3 is 2.71 bits per heavy atom. The van der Waals surface area contributed by atoms with E-state index in [0.717, 1.165) is 31.6 Å². The highest BCUT2D eigenvalue weighted by Gasteiger charge is 2.27. The standard InChI is InChI=1S/C26H26FN3O4S/c1-3-29(4-2)10-5-11-30-25(32)22(13-16-6-9-20-21(12-16)34-15-33-20)35-26(30)23-18-14-17(27)7-8-19(18)28-24(23)31/h6-9,12-14H,3-5,10-11,15H2,1-2H3,(H,28,31)/b22-13-,26-23+. The molecule has 35 heavy (non-hydrogen) atoms. The summed E-state index contributed by atoms with van der Waals surface area (Å²) in [5, 5.41) is 2.80. The number of nitrogens with zero attached hydrogens (tertiary/aromatic N) is 2. The van der Waals surface area contributed by atoms with Gasteiger partial charge in [-0.15, -0.1) is 11.3 Å². The van der Waals surface area contributed by atoms with Gasteiger partial charge in [-0.1, -0.05) is 19.9 Å². The fourth-order valence-electron chi connectivity index (χ4n) is 4.41. The number of benzene rings is 2. The lowest BCUT2D eigenvalue weighted by Crippen LogP contribution is -2.34. The molecule has 0 bridgehead atoms. The molecule has 0 fully saturated rings. The number of ether oxygens (including phenoxy) is 2. The third-order valence-corrected chi connectivity index (χ3v) is 7.42. The topological polar surface area (TPSA) is 72.8 Å². The molecule has 0 aliphatic carbocycles. The molecule has 9 heteroatoms. The lowest BCUT2D eigenvalue weighted by atomic mass is 10.1. The smallest absolute Gasteiger partial charge is 0.269 e. The zero-order valence-electron chi connectivity index (χ0n) is 19.6. The molecule has 0 radical (unpaired) electrons. The van der Waals surface area contributed by atoms with Gasteiger partial charge in [0.25, 0.3) is 11.5 Å². The van der Waals surface area contributed by atoms with E-state index in [9.17, 15) is 14.0 Å². The molecule has 1 N–H and O–H groups in total. The van der Waals surface area contributed by atoms with Crippen molar-refractivity contribution in [1.82, 2.24) is 9.47 Å². The molecule has 0 unspecified atom stereocenters. The number of nitrogens with one attached hydrogen (secondary N) is 1. The van der Waals surface area contributed by atoms with Crippen LogP contribution < -0.4 is 29.5 Å². The summed E-state index contributed by atoms with van der Waals surface area (Å²) >= 11 is 1.24. The van der Waals surface area contributed by atoms with Crippen LogP contribution in [0.4, 0.5) is 10.1 Å². The van der Waals surface area contributed by atoms with Crippen molar-refractivity contribution in [3.05, 3.63) is 72.9 Å². The van der Waals surface area contributed by atoms with Crippen molar-refractivity contribution in [3.63, 3.8) is 0 Å². The summed E-state index contributed by atoms with van der Waals surface area (Å²) in [5.74, 6) is 0.527. The quantitative estimate of drug-likeness (QED) is 0.545. The molecule has 1 amide bonds. The van der Waals surface area contributed by atoms with Crippen molar-refractivity contribution in [3.8, 4) is 11.5 Å². The van der Waals surface area contributed by atoms with Crippen LogP contribution in [-0.4, -0.2) is 41.8 Å². The number of amides is 1. The predicted octanol–water partition coefficient (Wildman–Crippen LogP) is 2.49.